The summed E-state index contributed by atoms with van der Waals surface area (Å²) in [4.78, 5) is 32.5. The molecule has 0 spiro atoms. The highest BCUT2D eigenvalue weighted by atomic mass is 19.1. The molecule has 0 aliphatic heterocycles. The summed E-state index contributed by atoms with van der Waals surface area (Å²) in [6, 6.07) is 16.4. The van der Waals surface area contributed by atoms with Crippen molar-refractivity contribution in [3.63, 3.8) is 0 Å². The summed E-state index contributed by atoms with van der Waals surface area (Å²) >= 11 is 0. The zero-order valence-corrected chi connectivity index (χ0v) is 23.3. The number of nitriles is 1. The van der Waals surface area contributed by atoms with Crippen LogP contribution in [0.15, 0.2) is 71.3 Å². The Morgan fingerprint density at radius 1 is 1.10 bits per heavy atom. The minimum Gasteiger partial charge on any atom is -0.507 e. The Balaban J connectivity index is 1.80. The van der Waals surface area contributed by atoms with Crippen molar-refractivity contribution < 1.29 is 28.2 Å². The van der Waals surface area contributed by atoms with Crippen LogP contribution in [0, 0.1) is 17.1 Å². The van der Waals surface area contributed by atoms with Gasteiger partial charge in [0.1, 0.15) is 29.2 Å². The van der Waals surface area contributed by atoms with E-state index in [0.717, 1.165) is 12.1 Å². The van der Waals surface area contributed by atoms with Gasteiger partial charge in [-0.2, -0.15) is 5.26 Å². The number of carbonyl (C=O) groups excluding carboxylic acids is 2. The maximum Gasteiger partial charge on any atom is 0.292 e. The van der Waals surface area contributed by atoms with Crippen LogP contribution in [0.1, 0.15) is 30.0 Å². The van der Waals surface area contributed by atoms with Gasteiger partial charge in [-0.05, 0) is 61.1 Å². The maximum atomic E-state index is 13.7. The van der Waals surface area contributed by atoms with Gasteiger partial charge in [0.25, 0.3) is 5.91 Å². The number of pyridine rings is 1. The number of ether oxygens (including phenoxy) is 1. The number of aromatic hydroxyl groups is 1. The first-order valence-electron chi connectivity index (χ1n) is 13.2. The lowest BCUT2D eigenvalue weighted by Crippen LogP contribution is -2.46. The number of likely N-dealkylation sites (N-methyl/N-ethyl adjacent to an activating group) is 1. The van der Waals surface area contributed by atoms with E-state index < -0.39 is 17.8 Å². The van der Waals surface area contributed by atoms with Crippen molar-refractivity contribution >= 4 is 23.3 Å². The quantitative estimate of drug-likeness (QED) is 0.221. The van der Waals surface area contributed by atoms with Gasteiger partial charge in [0, 0.05) is 30.0 Å². The Kier molecular flexibility index (Phi) is 9.65. The summed E-state index contributed by atoms with van der Waals surface area (Å²) in [5.41, 5.74) is 1.74. The van der Waals surface area contributed by atoms with Gasteiger partial charge in [0.05, 0.1) is 18.6 Å². The fourth-order valence-corrected chi connectivity index (χ4v) is 4.57. The highest BCUT2D eigenvalue weighted by Crippen LogP contribution is 2.36. The average Bonchev–Trinajstić information content (AvgIpc) is 3.52. The highest BCUT2D eigenvalue weighted by molar-refractivity contribution is 6.03. The Morgan fingerprint density at radius 3 is 2.52 bits per heavy atom. The molecular weight excluding hydrogens is 541 g/mol. The molecule has 4 aromatic rings. The number of aromatic nitrogens is 1. The zero-order valence-electron chi connectivity index (χ0n) is 23.3. The minimum atomic E-state index is -0.642. The van der Waals surface area contributed by atoms with Crippen LogP contribution in [0.2, 0.25) is 0 Å². The second-order valence-corrected chi connectivity index (χ2v) is 9.25. The predicted molar refractivity (Wildman–Crippen MR) is 155 cm³/mol. The second kappa shape index (κ2) is 13.5. The summed E-state index contributed by atoms with van der Waals surface area (Å²) in [5.74, 6) is -2.00. The summed E-state index contributed by atoms with van der Waals surface area (Å²) in [7, 11) is 1.54. The van der Waals surface area contributed by atoms with E-state index in [1.54, 1.807) is 36.4 Å². The molecule has 3 N–H and O–H groups in total. The normalized spacial score (nSPS) is 11.6. The van der Waals surface area contributed by atoms with Crippen LogP contribution < -0.4 is 10.6 Å². The van der Waals surface area contributed by atoms with Crippen molar-refractivity contribution in [3.05, 3.63) is 84.1 Å². The number of amides is 2. The number of benzene rings is 2. The molecule has 0 unspecified atom stereocenters. The molecule has 0 aliphatic rings. The monoisotopic (exact) mass is 571 g/mol. The number of furan rings is 1. The van der Waals surface area contributed by atoms with Crippen molar-refractivity contribution in [2.24, 2.45) is 0 Å². The van der Waals surface area contributed by atoms with Crippen LogP contribution in [-0.4, -0.2) is 59.7 Å². The molecule has 0 bridgehead atoms. The Morgan fingerprint density at radius 2 is 1.88 bits per heavy atom. The molecule has 2 heterocycles. The summed E-state index contributed by atoms with van der Waals surface area (Å²) in [6.45, 7) is 5.45. The molecule has 1 atom stereocenters. The number of carbonyl (C=O) groups is 2. The Hall–Kier alpha value is -5.05. The van der Waals surface area contributed by atoms with E-state index in [1.807, 2.05) is 18.7 Å². The van der Waals surface area contributed by atoms with Gasteiger partial charge < -0.3 is 24.9 Å². The minimum absolute atomic E-state index is 0.000738. The Bertz CT molecular complexity index is 1610. The Labute approximate surface area is 242 Å². The number of methoxy groups -OCH3 is 1. The first kappa shape index (κ1) is 29.9. The largest absolute Gasteiger partial charge is 0.507 e. The van der Waals surface area contributed by atoms with Crippen molar-refractivity contribution in [3.8, 4) is 34.2 Å². The standard InChI is InChI=1S/C31H30FN5O5/c1-4-37(5-2)26(18-41-3)30(39)34-21-9-6-8-19(14-21)23-16-25(22-12-11-20(32)15-27(22)38)35-29(24(23)17-33)36-31(40)28-10-7-13-42-28/h6-16,26,38H,4-5,18H2,1-3H3,(H,34,39)(H,35,36,40)/t26-/m0/s1. The van der Waals surface area contributed by atoms with E-state index in [4.69, 9.17) is 9.15 Å². The van der Waals surface area contributed by atoms with E-state index in [9.17, 15) is 24.3 Å². The van der Waals surface area contributed by atoms with E-state index in [1.165, 1.54) is 25.5 Å². The molecule has 0 saturated carbocycles. The molecular formula is C31H30FN5O5. The molecule has 216 valence electrons. The number of hydrogen-bond donors (Lipinski definition) is 3. The molecule has 0 saturated heterocycles. The SMILES string of the molecule is CCN(CC)[C@@H](COC)C(=O)Nc1cccc(-c2cc(-c3ccc(F)cc3O)nc(NC(=O)c3ccco3)c2C#N)c1. The predicted octanol–water partition coefficient (Wildman–Crippen LogP) is 5.27. The highest BCUT2D eigenvalue weighted by Gasteiger charge is 2.25. The third kappa shape index (κ3) is 6.63. The van der Waals surface area contributed by atoms with E-state index in [2.05, 4.69) is 21.7 Å². The second-order valence-electron chi connectivity index (χ2n) is 9.25. The molecule has 2 aromatic heterocycles. The number of hydrogen-bond acceptors (Lipinski definition) is 8. The summed E-state index contributed by atoms with van der Waals surface area (Å²) in [6.07, 6.45) is 1.34. The topological polar surface area (TPSA) is 141 Å². The summed E-state index contributed by atoms with van der Waals surface area (Å²) in [5, 5.41) is 26.2. The van der Waals surface area contributed by atoms with Gasteiger partial charge in [-0.25, -0.2) is 9.37 Å². The molecule has 2 aromatic carbocycles. The molecule has 10 nitrogen and oxygen atoms in total. The van der Waals surface area contributed by atoms with E-state index >= 15 is 0 Å². The van der Waals surface area contributed by atoms with E-state index in [-0.39, 0.29) is 46.7 Å². The van der Waals surface area contributed by atoms with Crippen LogP contribution in [0.3, 0.4) is 0 Å². The third-order valence-corrected chi connectivity index (χ3v) is 6.67. The molecule has 0 aliphatic carbocycles. The smallest absolute Gasteiger partial charge is 0.292 e. The van der Waals surface area contributed by atoms with Gasteiger partial charge in [-0.1, -0.05) is 26.0 Å². The van der Waals surface area contributed by atoms with Crippen LogP contribution in [0.4, 0.5) is 15.9 Å². The number of nitrogens with zero attached hydrogens (tertiary/aromatic N) is 3. The number of nitrogens with one attached hydrogen (secondary N) is 2. The molecule has 11 heteroatoms. The van der Waals surface area contributed by atoms with Crippen molar-refractivity contribution in [2.75, 3.05) is 37.4 Å². The lowest BCUT2D eigenvalue weighted by molar-refractivity contribution is -0.123. The van der Waals surface area contributed by atoms with E-state index in [0.29, 0.717) is 29.9 Å². The average molecular weight is 572 g/mol. The van der Waals surface area contributed by atoms with Crippen molar-refractivity contribution in [1.82, 2.24) is 9.88 Å². The van der Waals surface area contributed by atoms with Gasteiger partial charge in [-0.15, -0.1) is 0 Å². The fourth-order valence-electron chi connectivity index (χ4n) is 4.57. The first-order valence-corrected chi connectivity index (χ1v) is 13.2. The van der Waals surface area contributed by atoms with Crippen LogP contribution in [0.25, 0.3) is 22.4 Å². The summed E-state index contributed by atoms with van der Waals surface area (Å²) < 4.78 is 24.2. The third-order valence-electron chi connectivity index (χ3n) is 6.67. The lowest BCUT2D eigenvalue weighted by atomic mass is 9.97. The fraction of sp³-hybridized carbons (Fsp3) is 0.226. The number of phenolic OH excluding ortho intramolecular Hbond substituents is 1. The molecule has 0 radical (unpaired) electrons. The molecule has 0 fully saturated rings. The van der Waals surface area contributed by atoms with Gasteiger partial charge in [0.15, 0.2) is 11.6 Å². The first-order chi connectivity index (χ1) is 20.3. The number of anilines is 2. The number of rotatable bonds is 11. The molecule has 42 heavy (non-hydrogen) atoms. The lowest BCUT2D eigenvalue weighted by Gasteiger charge is -2.28. The maximum absolute atomic E-state index is 13.7. The van der Waals surface area contributed by atoms with Gasteiger partial charge in [-0.3, -0.25) is 14.5 Å². The van der Waals surface area contributed by atoms with Crippen LogP contribution in [-0.2, 0) is 9.53 Å². The van der Waals surface area contributed by atoms with Crippen molar-refractivity contribution in [1.29, 1.82) is 5.26 Å². The van der Waals surface area contributed by atoms with Crippen molar-refractivity contribution in [2.45, 2.75) is 19.9 Å². The van der Waals surface area contributed by atoms with Gasteiger partial charge in [0.2, 0.25) is 5.91 Å². The zero-order chi connectivity index (χ0) is 30.2. The number of phenols is 1. The molecule has 2 amide bonds. The molecule has 4 rings (SSSR count). The van der Waals surface area contributed by atoms with Crippen LogP contribution in [0.5, 0.6) is 5.75 Å². The van der Waals surface area contributed by atoms with Gasteiger partial charge >= 0.3 is 0 Å². The number of halogens is 1. The van der Waals surface area contributed by atoms with Crippen LogP contribution >= 0.6 is 0 Å².